The summed E-state index contributed by atoms with van der Waals surface area (Å²) in [6, 6.07) is 0. The molecule has 0 aliphatic carbocycles. The summed E-state index contributed by atoms with van der Waals surface area (Å²) in [5.41, 5.74) is 0. The van der Waals surface area contributed by atoms with Crippen LogP contribution in [0.25, 0.3) is 0 Å². The van der Waals surface area contributed by atoms with Gasteiger partial charge in [-0.25, -0.2) is 0 Å². The quantitative estimate of drug-likeness (QED) is 0.545. The smallest absolute Gasteiger partial charge is 0.0493 e. The zero-order valence-corrected chi connectivity index (χ0v) is 6.19. The SMILES string of the molecule is COCC(C)[C](C)C. The van der Waals surface area contributed by atoms with Crippen LogP contribution in [-0.4, -0.2) is 13.7 Å². The lowest BCUT2D eigenvalue weighted by Gasteiger charge is -2.12. The van der Waals surface area contributed by atoms with Crippen molar-refractivity contribution in [2.75, 3.05) is 13.7 Å². The molecule has 0 saturated heterocycles. The Labute approximate surface area is 52.0 Å². The van der Waals surface area contributed by atoms with E-state index < -0.39 is 0 Å². The highest BCUT2D eigenvalue weighted by atomic mass is 16.5. The third-order valence-electron chi connectivity index (χ3n) is 1.40. The fraction of sp³-hybridized carbons (Fsp3) is 0.857. The highest BCUT2D eigenvalue weighted by Gasteiger charge is 2.04. The number of methoxy groups -OCH3 is 1. The molecule has 0 rings (SSSR count). The molecule has 1 nitrogen and oxygen atoms in total. The van der Waals surface area contributed by atoms with E-state index in [9.17, 15) is 0 Å². The Hall–Kier alpha value is -0.0400. The van der Waals surface area contributed by atoms with Gasteiger partial charge in [0.25, 0.3) is 0 Å². The number of hydrogen-bond donors (Lipinski definition) is 0. The number of ether oxygens (including phenoxy) is 1. The van der Waals surface area contributed by atoms with Gasteiger partial charge in [-0.05, 0) is 11.8 Å². The lowest BCUT2D eigenvalue weighted by atomic mass is 10.00. The number of hydrogen-bond acceptors (Lipinski definition) is 1. The molecule has 0 aromatic heterocycles. The molecule has 1 radical (unpaired) electrons. The Morgan fingerprint density at radius 1 is 1.50 bits per heavy atom. The molecule has 0 heterocycles. The topological polar surface area (TPSA) is 9.23 Å². The lowest BCUT2D eigenvalue weighted by Crippen LogP contribution is -2.08. The summed E-state index contributed by atoms with van der Waals surface area (Å²) in [6.07, 6.45) is 0. The minimum atomic E-state index is 0.611. The van der Waals surface area contributed by atoms with Crippen molar-refractivity contribution in [1.29, 1.82) is 0 Å². The Morgan fingerprint density at radius 3 is 2.12 bits per heavy atom. The first-order chi connectivity index (χ1) is 3.68. The second kappa shape index (κ2) is 3.90. The molecule has 0 spiro atoms. The van der Waals surface area contributed by atoms with Gasteiger partial charge in [0.1, 0.15) is 0 Å². The van der Waals surface area contributed by atoms with Crippen molar-refractivity contribution >= 4 is 0 Å². The molecule has 49 valence electrons. The van der Waals surface area contributed by atoms with Gasteiger partial charge in [0.15, 0.2) is 0 Å². The third-order valence-corrected chi connectivity index (χ3v) is 1.40. The molecule has 0 aliphatic heterocycles. The van der Waals surface area contributed by atoms with Crippen LogP contribution in [0.2, 0.25) is 0 Å². The van der Waals surface area contributed by atoms with Crippen molar-refractivity contribution < 1.29 is 4.74 Å². The maximum absolute atomic E-state index is 4.94. The molecule has 0 N–H and O–H groups in total. The summed E-state index contributed by atoms with van der Waals surface area (Å²) in [4.78, 5) is 0. The molecule has 0 aromatic carbocycles. The van der Waals surface area contributed by atoms with Crippen LogP contribution in [0, 0.1) is 11.8 Å². The minimum Gasteiger partial charge on any atom is -0.384 e. The Kier molecular flexibility index (Phi) is 3.88. The highest BCUT2D eigenvalue weighted by Crippen LogP contribution is 2.10. The normalized spacial score (nSPS) is 14.6. The zero-order chi connectivity index (χ0) is 6.57. The molecule has 8 heavy (non-hydrogen) atoms. The van der Waals surface area contributed by atoms with Gasteiger partial charge < -0.3 is 4.74 Å². The van der Waals surface area contributed by atoms with Gasteiger partial charge in [-0.2, -0.15) is 0 Å². The van der Waals surface area contributed by atoms with Crippen LogP contribution in [0.4, 0.5) is 0 Å². The van der Waals surface area contributed by atoms with E-state index in [2.05, 4.69) is 20.8 Å². The number of rotatable bonds is 3. The first kappa shape index (κ1) is 7.96. The molecule has 1 atom stereocenters. The first-order valence-electron chi connectivity index (χ1n) is 2.97. The van der Waals surface area contributed by atoms with E-state index in [1.54, 1.807) is 7.11 Å². The van der Waals surface area contributed by atoms with E-state index in [0.717, 1.165) is 6.61 Å². The Balaban J connectivity index is 3.17. The Morgan fingerprint density at radius 2 is 2.00 bits per heavy atom. The van der Waals surface area contributed by atoms with Gasteiger partial charge in [0, 0.05) is 13.7 Å². The van der Waals surface area contributed by atoms with Gasteiger partial charge in [0.05, 0.1) is 0 Å². The van der Waals surface area contributed by atoms with Crippen LogP contribution in [-0.2, 0) is 4.74 Å². The molecule has 0 aliphatic rings. The van der Waals surface area contributed by atoms with E-state index in [-0.39, 0.29) is 0 Å². The second-order valence-corrected chi connectivity index (χ2v) is 2.43. The van der Waals surface area contributed by atoms with Crippen LogP contribution in [0.15, 0.2) is 0 Å². The predicted octanol–water partition coefficient (Wildman–Crippen LogP) is 1.88. The standard InChI is InChI=1S/C7H15O/c1-6(2)7(3)5-8-4/h7H,5H2,1-4H3. The fourth-order valence-corrected chi connectivity index (χ4v) is 0.417. The Bertz CT molecular complexity index is 50.3. The maximum atomic E-state index is 4.94. The van der Waals surface area contributed by atoms with E-state index in [0.29, 0.717) is 5.92 Å². The molecular formula is C7H15O. The van der Waals surface area contributed by atoms with Gasteiger partial charge in [-0.1, -0.05) is 20.8 Å². The van der Waals surface area contributed by atoms with Crippen molar-refractivity contribution in [3.8, 4) is 0 Å². The predicted molar refractivity (Wildman–Crippen MR) is 35.6 cm³/mol. The minimum absolute atomic E-state index is 0.611. The average molecular weight is 115 g/mol. The van der Waals surface area contributed by atoms with Gasteiger partial charge >= 0.3 is 0 Å². The van der Waals surface area contributed by atoms with Crippen molar-refractivity contribution in [3.05, 3.63) is 5.92 Å². The van der Waals surface area contributed by atoms with Crippen LogP contribution >= 0.6 is 0 Å². The van der Waals surface area contributed by atoms with Crippen molar-refractivity contribution in [3.63, 3.8) is 0 Å². The highest BCUT2D eigenvalue weighted by molar-refractivity contribution is 4.83. The zero-order valence-electron chi connectivity index (χ0n) is 6.19. The van der Waals surface area contributed by atoms with E-state index >= 15 is 0 Å². The molecule has 0 aromatic rings. The summed E-state index contributed by atoms with van der Waals surface area (Å²) in [6.45, 7) is 7.27. The van der Waals surface area contributed by atoms with Gasteiger partial charge in [-0.3, -0.25) is 0 Å². The summed E-state index contributed by atoms with van der Waals surface area (Å²) >= 11 is 0. The molecule has 0 fully saturated rings. The molecule has 1 heteroatoms. The monoisotopic (exact) mass is 115 g/mol. The molecular weight excluding hydrogens is 100 g/mol. The lowest BCUT2D eigenvalue weighted by molar-refractivity contribution is 0.165. The first-order valence-corrected chi connectivity index (χ1v) is 2.97. The van der Waals surface area contributed by atoms with E-state index in [4.69, 9.17) is 4.74 Å². The van der Waals surface area contributed by atoms with E-state index in [1.165, 1.54) is 5.92 Å². The molecule has 0 amide bonds. The van der Waals surface area contributed by atoms with Crippen LogP contribution in [0.5, 0.6) is 0 Å². The molecule has 1 unspecified atom stereocenters. The van der Waals surface area contributed by atoms with Crippen LogP contribution in [0.3, 0.4) is 0 Å². The fourth-order valence-electron chi connectivity index (χ4n) is 0.417. The van der Waals surface area contributed by atoms with Crippen LogP contribution < -0.4 is 0 Å². The summed E-state index contributed by atoms with van der Waals surface area (Å²) in [5.74, 6) is 2.05. The van der Waals surface area contributed by atoms with Gasteiger partial charge in [-0.15, -0.1) is 0 Å². The van der Waals surface area contributed by atoms with Gasteiger partial charge in [0.2, 0.25) is 0 Å². The molecule has 0 bridgehead atoms. The van der Waals surface area contributed by atoms with E-state index in [1.807, 2.05) is 0 Å². The van der Waals surface area contributed by atoms with Crippen LogP contribution in [0.1, 0.15) is 20.8 Å². The summed E-state index contributed by atoms with van der Waals surface area (Å²) in [7, 11) is 1.74. The van der Waals surface area contributed by atoms with Crippen molar-refractivity contribution in [1.82, 2.24) is 0 Å². The third kappa shape index (κ3) is 3.03. The average Bonchev–Trinajstić information content (AvgIpc) is 1.67. The summed E-state index contributed by atoms with van der Waals surface area (Å²) in [5, 5.41) is 0. The second-order valence-electron chi connectivity index (χ2n) is 2.43. The summed E-state index contributed by atoms with van der Waals surface area (Å²) < 4.78 is 4.94. The maximum Gasteiger partial charge on any atom is 0.0493 e. The largest absolute Gasteiger partial charge is 0.384 e. The van der Waals surface area contributed by atoms with Crippen molar-refractivity contribution in [2.24, 2.45) is 5.92 Å². The van der Waals surface area contributed by atoms with Crippen molar-refractivity contribution in [2.45, 2.75) is 20.8 Å². The molecule has 0 saturated carbocycles.